The molecule has 0 aliphatic carbocycles. The molecule has 6 nitrogen and oxygen atoms in total. The molecule has 1 aromatic carbocycles. The summed E-state index contributed by atoms with van der Waals surface area (Å²) in [5.74, 6) is 0. The average Bonchev–Trinajstić information content (AvgIpc) is 2.77. The van der Waals surface area contributed by atoms with Crippen LogP contribution in [0.4, 0.5) is 5.69 Å². The first kappa shape index (κ1) is 14.4. The molecule has 0 aliphatic rings. The van der Waals surface area contributed by atoms with E-state index in [0.29, 0.717) is 9.49 Å². The molecule has 2 aromatic heterocycles. The highest BCUT2D eigenvalue weighted by atomic mass is 32.1. The van der Waals surface area contributed by atoms with E-state index in [1.807, 2.05) is 43.3 Å². The summed E-state index contributed by atoms with van der Waals surface area (Å²) in [5, 5.41) is 3.99. The molecule has 112 valence electrons. The van der Waals surface area contributed by atoms with Crippen molar-refractivity contribution in [1.29, 1.82) is 0 Å². The molecule has 7 heteroatoms. The summed E-state index contributed by atoms with van der Waals surface area (Å²) < 4.78 is 1.68. The van der Waals surface area contributed by atoms with Crippen molar-refractivity contribution in [3.63, 3.8) is 0 Å². The molecular formula is C15H14N4O2S. The standard InChI is InChI=1S/C15H14N4O2S/c1-9-13(20)16-15-19(17-9)14(21)12(22-15)8-10-4-6-11(7-5-10)18(2)3/h4-8H,1-3H3. The number of hydrogen-bond acceptors (Lipinski definition) is 6. The van der Waals surface area contributed by atoms with Gasteiger partial charge in [0.05, 0.1) is 4.53 Å². The van der Waals surface area contributed by atoms with E-state index in [4.69, 9.17) is 0 Å². The highest BCUT2D eigenvalue weighted by Crippen LogP contribution is 2.12. The van der Waals surface area contributed by atoms with Crippen LogP contribution in [0.2, 0.25) is 0 Å². The maximum atomic E-state index is 12.3. The van der Waals surface area contributed by atoms with Gasteiger partial charge in [-0.2, -0.15) is 14.6 Å². The van der Waals surface area contributed by atoms with Crippen molar-refractivity contribution in [3.05, 3.63) is 60.8 Å². The fourth-order valence-electron chi connectivity index (χ4n) is 2.01. The van der Waals surface area contributed by atoms with Gasteiger partial charge in [0, 0.05) is 19.8 Å². The minimum absolute atomic E-state index is 0.217. The van der Waals surface area contributed by atoms with Crippen LogP contribution in [-0.2, 0) is 0 Å². The van der Waals surface area contributed by atoms with Gasteiger partial charge < -0.3 is 4.90 Å². The van der Waals surface area contributed by atoms with Gasteiger partial charge in [0.15, 0.2) is 0 Å². The Bertz CT molecular complexity index is 1000. The molecule has 2 heterocycles. The largest absolute Gasteiger partial charge is 0.378 e. The van der Waals surface area contributed by atoms with Crippen LogP contribution in [-0.4, -0.2) is 28.7 Å². The molecule has 0 N–H and O–H groups in total. The molecule has 0 unspecified atom stereocenters. The van der Waals surface area contributed by atoms with E-state index in [1.165, 1.54) is 4.52 Å². The van der Waals surface area contributed by atoms with Gasteiger partial charge in [-0.15, -0.1) is 0 Å². The summed E-state index contributed by atoms with van der Waals surface area (Å²) in [6, 6.07) is 7.84. The minimum atomic E-state index is -0.400. The van der Waals surface area contributed by atoms with Crippen molar-refractivity contribution in [2.24, 2.45) is 0 Å². The molecule has 0 saturated heterocycles. The maximum absolute atomic E-state index is 12.3. The van der Waals surface area contributed by atoms with E-state index in [9.17, 15) is 9.59 Å². The van der Waals surface area contributed by atoms with Gasteiger partial charge >= 0.3 is 0 Å². The lowest BCUT2D eigenvalue weighted by Crippen LogP contribution is -2.27. The molecule has 22 heavy (non-hydrogen) atoms. The second-order valence-electron chi connectivity index (χ2n) is 5.10. The number of hydrogen-bond donors (Lipinski definition) is 0. The number of thiazole rings is 1. The quantitative estimate of drug-likeness (QED) is 0.686. The number of aromatic nitrogens is 3. The van der Waals surface area contributed by atoms with Crippen LogP contribution < -0.4 is 20.6 Å². The van der Waals surface area contributed by atoms with Crippen LogP contribution in [0, 0.1) is 6.92 Å². The Morgan fingerprint density at radius 3 is 2.50 bits per heavy atom. The van der Waals surface area contributed by atoms with Crippen LogP contribution in [0.5, 0.6) is 0 Å². The summed E-state index contributed by atoms with van der Waals surface area (Å²) in [7, 11) is 3.94. The lowest BCUT2D eigenvalue weighted by atomic mass is 10.2. The first-order chi connectivity index (χ1) is 10.5. The Hall–Kier alpha value is -2.54. The molecule has 0 atom stereocenters. The molecule has 3 rings (SSSR count). The molecule has 0 spiro atoms. The van der Waals surface area contributed by atoms with Crippen molar-refractivity contribution < 1.29 is 0 Å². The summed E-state index contributed by atoms with van der Waals surface area (Å²) in [6.07, 6.45) is 1.78. The monoisotopic (exact) mass is 314 g/mol. The molecule has 0 radical (unpaired) electrons. The number of nitrogens with zero attached hydrogens (tertiary/aromatic N) is 4. The third-order valence-corrected chi connectivity index (χ3v) is 4.21. The van der Waals surface area contributed by atoms with Crippen molar-refractivity contribution in [2.75, 3.05) is 19.0 Å². The average molecular weight is 314 g/mol. The summed E-state index contributed by atoms with van der Waals surface area (Å²) >= 11 is 1.16. The zero-order chi connectivity index (χ0) is 15.9. The molecule has 0 bridgehead atoms. The molecular weight excluding hydrogens is 300 g/mol. The van der Waals surface area contributed by atoms with E-state index < -0.39 is 5.56 Å². The number of anilines is 1. The van der Waals surface area contributed by atoms with Gasteiger partial charge in [0.1, 0.15) is 5.69 Å². The van der Waals surface area contributed by atoms with Crippen molar-refractivity contribution in [2.45, 2.75) is 6.92 Å². The van der Waals surface area contributed by atoms with Crippen molar-refractivity contribution in [3.8, 4) is 0 Å². The zero-order valence-electron chi connectivity index (χ0n) is 12.4. The topological polar surface area (TPSA) is 67.6 Å². The third kappa shape index (κ3) is 2.50. The van der Waals surface area contributed by atoms with E-state index in [-0.39, 0.29) is 11.3 Å². The molecule has 0 amide bonds. The maximum Gasteiger partial charge on any atom is 0.295 e. The minimum Gasteiger partial charge on any atom is -0.378 e. The smallest absolute Gasteiger partial charge is 0.295 e. The second-order valence-corrected chi connectivity index (χ2v) is 6.11. The molecule has 0 fully saturated rings. The Morgan fingerprint density at radius 2 is 1.86 bits per heavy atom. The van der Waals surface area contributed by atoms with Crippen LogP contribution in [0.25, 0.3) is 11.0 Å². The SMILES string of the molecule is Cc1nn2c(=O)c(=Cc3ccc(N(C)C)cc3)sc2nc1=O. The molecule has 0 aliphatic heterocycles. The highest BCUT2D eigenvalue weighted by molar-refractivity contribution is 7.15. The van der Waals surface area contributed by atoms with Crippen molar-refractivity contribution >= 4 is 28.1 Å². The predicted octanol–water partition coefficient (Wildman–Crippen LogP) is 0.433. The van der Waals surface area contributed by atoms with E-state index in [1.54, 1.807) is 13.0 Å². The lowest BCUT2D eigenvalue weighted by Gasteiger charge is -2.11. The second kappa shape index (κ2) is 5.34. The fraction of sp³-hybridized carbons (Fsp3) is 0.200. The van der Waals surface area contributed by atoms with Gasteiger partial charge in [-0.25, -0.2) is 0 Å². The summed E-state index contributed by atoms with van der Waals surface area (Å²) in [5.41, 5.74) is 1.55. The Balaban J connectivity index is 2.15. The number of fused-ring (bicyclic) bond motifs is 1. The Morgan fingerprint density at radius 1 is 1.18 bits per heavy atom. The van der Waals surface area contributed by atoms with E-state index in [2.05, 4.69) is 10.1 Å². The van der Waals surface area contributed by atoms with Crippen LogP contribution in [0.15, 0.2) is 33.9 Å². The normalized spacial score (nSPS) is 12.0. The van der Waals surface area contributed by atoms with Gasteiger partial charge in [0.2, 0.25) is 4.96 Å². The summed E-state index contributed by atoms with van der Waals surface area (Å²) in [4.78, 5) is 30.0. The fourth-order valence-corrected chi connectivity index (χ4v) is 2.91. The number of aryl methyl sites for hydroxylation is 1. The summed E-state index contributed by atoms with van der Waals surface area (Å²) in [6.45, 7) is 1.54. The predicted molar refractivity (Wildman–Crippen MR) is 87.7 cm³/mol. The molecule has 0 saturated carbocycles. The third-order valence-electron chi connectivity index (χ3n) is 3.25. The van der Waals surface area contributed by atoms with Gasteiger partial charge in [0.25, 0.3) is 11.1 Å². The first-order valence-electron chi connectivity index (χ1n) is 6.65. The Kier molecular flexibility index (Phi) is 3.50. The van der Waals surface area contributed by atoms with Gasteiger partial charge in [-0.1, -0.05) is 23.5 Å². The van der Waals surface area contributed by atoms with Crippen LogP contribution >= 0.6 is 11.3 Å². The number of benzene rings is 1. The number of rotatable bonds is 2. The first-order valence-corrected chi connectivity index (χ1v) is 7.47. The highest BCUT2D eigenvalue weighted by Gasteiger charge is 2.08. The zero-order valence-corrected chi connectivity index (χ0v) is 13.2. The van der Waals surface area contributed by atoms with Gasteiger partial charge in [-0.3, -0.25) is 9.59 Å². The van der Waals surface area contributed by atoms with Crippen LogP contribution in [0.3, 0.4) is 0 Å². The van der Waals surface area contributed by atoms with Crippen LogP contribution in [0.1, 0.15) is 11.3 Å². The van der Waals surface area contributed by atoms with Gasteiger partial charge in [-0.05, 0) is 30.7 Å². The lowest BCUT2D eigenvalue weighted by molar-refractivity contribution is 0.833. The Labute approximate surface area is 130 Å². The van der Waals surface area contributed by atoms with E-state index >= 15 is 0 Å². The molecule has 3 aromatic rings. The van der Waals surface area contributed by atoms with E-state index in [0.717, 1.165) is 22.6 Å². The van der Waals surface area contributed by atoms with Crippen molar-refractivity contribution in [1.82, 2.24) is 14.6 Å².